The molecule has 2 N–H and O–H groups in total. The number of anilines is 1. The van der Waals surface area contributed by atoms with Crippen LogP contribution in [-0.2, 0) is 0 Å². The zero-order chi connectivity index (χ0) is 13.9. The summed E-state index contributed by atoms with van der Waals surface area (Å²) in [6.07, 6.45) is 5.89. The van der Waals surface area contributed by atoms with Crippen molar-refractivity contribution in [1.29, 1.82) is 0 Å². The molecule has 1 atom stereocenters. The number of rotatable bonds is 5. The Hall–Kier alpha value is -1.13. The van der Waals surface area contributed by atoms with E-state index in [1.807, 2.05) is 26.4 Å². The van der Waals surface area contributed by atoms with Gasteiger partial charge in [-0.1, -0.05) is 18.9 Å². The monoisotopic (exact) mass is 263 g/mol. The van der Waals surface area contributed by atoms with Crippen molar-refractivity contribution in [2.75, 3.05) is 25.5 Å². The summed E-state index contributed by atoms with van der Waals surface area (Å²) < 4.78 is 0. The first-order valence-electron chi connectivity index (χ1n) is 7.11. The molecule has 4 nitrogen and oxygen atoms in total. The molecule has 0 aromatic carbocycles. The number of pyridine rings is 1. The van der Waals surface area contributed by atoms with Gasteiger partial charge < -0.3 is 15.3 Å². The highest BCUT2D eigenvalue weighted by molar-refractivity contribution is 5.48. The Morgan fingerprint density at radius 1 is 1.47 bits per heavy atom. The average molecular weight is 263 g/mol. The molecular weight excluding hydrogens is 238 g/mol. The highest BCUT2D eigenvalue weighted by Gasteiger charge is 2.33. The zero-order valence-electron chi connectivity index (χ0n) is 12.2. The average Bonchev–Trinajstić information content (AvgIpc) is 2.84. The first kappa shape index (κ1) is 14.3. The molecule has 1 fully saturated rings. The molecule has 1 aromatic heterocycles. The van der Waals surface area contributed by atoms with Gasteiger partial charge in [0.25, 0.3) is 0 Å². The first-order chi connectivity index (χ1) is 9.06. The maximum atomic E-state index is 10.5. The smallest absolute Gasteiger partial charge is 0.133 e. The quantitative estimate of drug-likeness (QED) is 0.854. The number of aromatic nitrogens is 1. The number of nitrogens with zero attached hydrogens (tertiary/aromatic N) is 2. The summed E-state index contributed by atoms with van der Waals surface area (Å²) >= 11 is 0. The van der Waals surface area contributed by atoms with E-state index in [4.69, 9.17) is 0 Å². The van der Waals surface area contributed by atoms with Crippen LogP contribution in [0.25, 0.3) is 0 Å². The van der Waals surface area contributed by atoms with E-state index in [2.05, 4.69) is 28.2 Å². The van der Waals surface area contributed by atoms with Gasteiger partial charge in [0.15, 0.2) is 0 Å². The van der Waals surface area contributed by atoms with Crippen molar-refractivity contribution in [1.82, 2.24) is 10.3 Å². The summed E-state index contributed by atoms with van der Waals surface area (Å²) in [6.45, 7) is 2.78. The van der Waals surface area contributed by atoms with Gasteiger partial charge in [0.05, 0.1) is 5.60 Å². The Morgan fingerprint density at radius 2 is 2.16 bits per heavy atom. The van der Waals surface area contributed by atoms with Crippen molar-refractivity contribution in [2.24, 2.45) is 0 Å². The minimum atomic E-state index is -0.535. The third-order valence-electron chi connectivity index (χ3n) is 4.14. The number of hydrogen-bond donors (Lipinski definition) is 2. The van der Waals surface area contributed by atoms with Gasteiger partial charge in [-0.15, -0.1) is 0 Å². The summed E-state index contributed by atoms with van der Waals surface area (Å²) in [4.78, 5) is 6.59. The summed E-state index contributed by atoms with van der Waals surface area (Å²) in [5, 5.41) is 13.8. The fourth-order valence-corrected chi connectivity index (χ4v) is 2.93. The van der Waals surface area contributed by atoms with Gasteiger partial charge in [-0.3, -0.25) is 0 Å². The lowest BCUT2D eigenvalue weighted by atomic mass is 10.0. The van der Waals surface area contributed by atoms with Crippen LogP contribution in [0.2, 0.25) is 0 Å². The minimum absolute atomic E-state index is 0.254. The van der Waals surface area contributed by atoms with Gasteiger partial charge in [0, 0.05) is 31.4 Å². The second kappa shape index (κ2) is 5.88. The molecule has 0 amide bonds. The molecule has 0 spiro atoms. The molecular formula is C15H25N3O. The van der Waals surface area contributed by atoms with Gasteiger partial charge in [0.1, 0.15) is 5.82 Å². The Labute approximate surface area is 115 Å². The first-order valence-corrected chi connectivity index (χ1v) is 7.11. The molecule has 0 radical (unpaired) electrons. The molecule has 1 unspecified atom stereocenters. The predicted molar refractivity (Wildman–Crippen MR) is 78.4 cm³/mol. The summed E-state index contributed by atoms with van der Waals surface area (Å²) in [5.74, 6) is 0.963. The van der Waals surface area contributed by atoms with E-state index in [9.17, 15) is 5.11 Å². The van der Waals surface area contributed by atoms with Gasteiger partial charge in [-0.25, -0.2) is 4.98 Å². The SMILES string of the molecule is CNC(C)c1cccnc1N(C)CC1(O)CCCC1. The molecule has 1 aliphatic carbocycles. The lowest BCUT2D eigenvalue weighted by Gasteiger charge is -2.31. The lowest BCUT2D eigenvalue weighted by Crippen LogP contribution is -2.40. The molecule has 0 aliphatic heterocycles. The second-order valence-corrected chi connectivity index (χ2v) is 5.71. The minimum Gasteiger partial charge on any atom is -0.388 e. The lowest BCUT2D eigenvalue weighted by molar-refractivity contribution is 0.0557. The molecule has 1 aromatic rings. The molecule has 1 aliphatic rings. The molecule has 2 rings (SSSR count). The fourth-order valence-electron chi connectivity index (χ4n) is 2.93. The van der Waals surface area contributed by atoms with Crippen LogP contribution < -0.4 is 10.2 Å². The van der Waals surface area contributed by atoms with E-state index in [0.717, 1.165) is 31.5 Å². The molecule has 1 saturated carbocycles. The van der Waals surface area contributed by atoms with E-state index >= 15 is 0 Å². The Balaban J connectivity index is 2.16. The van der Waals surface area contributed by atoms with Gasteiger partial charge in [0.2, 0.25) is 0 Å². The molecule has 0 bridgehead atoms. The normalized spacial score (nSPS) is 19.4. The van der Waals surface area contributed by atoms with Gasteiger partial charge >= 0.3 is 0 Å². The van der Waals surface area contributed by atoms with Crippen LogP contribution in [0.3, 0.4) is 0 Å². The van der Waals surface area contributed by atoms with E-state index in [-0.39, 0.29) is 6.04 Å². The Bertz CT molecular complexity index is 416. The highest BCUT2D eigenvalue weighted by Crippen LogP contribution is 2.32. The van der Waals surface area contributed by atoms with Crippen LogP contribution >= 0.6 is 0 Å². The van der Waals surface area contributed by atoms with E-state index in [1.165, 1.54) is 5.56 Å². The largest absolute Gasteiger partial charge is 0.388 e. The van der Waals surface area contributed by atoms with Crippen LogP contribution in [0, 0.1) is 0 Å². The van der Waals surface area contributed by atoms with Crippen LogP contribution in [0.4, 0.5) is 5.82 Å². The van der Waals surface area contributed by atoms with Crippen molar-refractivity contribution < 1.29 is 5.11 Å². The molecule has 4 heteroatoms. The highest BCUT2D eigenvalue weighted by atomic mass is 16.3. The van der Waals surface area contributed by atoms with E-state index in [0.29, 0.717) is 6.54 Å². The van der Waals surface area contributed by atoms with Crippen molar-refractivity contribution in [3.05, 3.63) is 23.9 Å². The van der Waals surface area contributed by atoms with Crippen molar-refractivity contribution in [3.8, 4) is 0 Å². The number of nitrogens with one attached hydrogen (secondary N) is 1. The van der Waals surface area contributed by atoms with Crippen LogP contribution in [0.5, 0.6) is 0 Å². The third-order valence-corrected chi connectivity index (χ3v) is 4.14. The molecule has 19 heavy (non-hydrogen) atoms. The summed E-state index contributed by atoms with van der Waals surface area (Å²) in [5.41, 5.74) is 0.640. The van der Waals surface area contributed by atoms with Crippen LogP contribution in [0.15, 0.2) is 18.3 Å². The second-order valence-electron chi connectivity index (χ2n) is 5.71. The maximum Gasteiger partial charge on any atom is 0.133 e. The number of likely N-dealkylation sites (N-methyl/N-ethyl adjacent to an activating group) is 1. The standard InChI is InChI=1S/C15H25N3O/c1-12(16-2)13-7-6-10-17-14(13)18(3)11-15(19)8-4-5-9-15/h6-7,10,12,16,19H,4-5,8-9,11H2,1-3H3. The van der Waals surface area contributed by atoms with Crippen LogP contribution in [0.1, 0.15) is 44.2 Å². The van der Waals surface area contributed by atoms with E-state index in [1.54, 1.807) is 0 Å². The summed E-state index contributed by atoms with van der Waals surface area (Å²) in [6, 6.07) is 4.31. The molecule has 0 saturated heterocycles. The molecule has 106 valence electrons. The Kier molecular flexibility index (Phi) is 4.42. The van der Waals surface area contributed by atoms with Crippen molar-refractivity contribution in [2.45, 2.75) is 44.2 Å². The van der Waals surface area contributed by atoms with Crippen LogP contribution in [-0.4, -0.2) is 36.3 Å². The topological polar surface area (TPSA) is 48.4 Å². The molecule has 1 heterocycles. The summed E-state index contributed by atoms with van der Waals surface area (Å²) in [7, 11) is 3.97. The van der Waals surface area contributed by atoms with Crippen molar-refractivity contribution >= 4 is 5.82 Å². The van der Waals surface area contributed by atoms with E-state index < -0.39 is 5.60 Å². The number of hydrogen-bond acceptors (Lipinski definition) is 4. The third kappa shape index (κ3) is 3.25. The van der Waals surface area contributed by atoms with Gasteiger partial charge in [-0.05, 0) is 32.9 Å². The fraction of sp³-hybridized carbons (Fsp3) is 0.667. The maximum absolute atomic E-state index is 10.5. The zero-order valence-corrected chi connectivity index (χ0v) is 12.2. The van der Waals surface area contributed by atoms with Gasteiger partial charge in [-0.2, -0.15) is 0 Å². The predicted octanol–water partition coefficient (Wildman–Crippen LogP) is 2.10. The Morgan fingerprint density at radius 3 is 2.79 bits per heavy atom. The van der Waals surface area contributed by atoms with Crippen molar-refractivity contribution in [3.63, 3.8) is 0 Å². The number of aliphatic hydroxyl groups is 1.